The maximum Gasteiger partial charge on any atom is 0.410 e. The van der Waals surface area contributed by atoms with E-state index in [2.05, 4.69) is 9.97 Å². The standard InChI is InChI=1S/C24H31ClN4O4/c1-23(2,3)29(22(31)33-24(4,5)6)13-12-28(19-9-11-26-21(25)27-19)20(30)17-7-8-18-16(15-17)10-14-32-18/h7-9,11,15H,10,12-14H2,1-6H3. The Kier molecular flexibility index (Phi) is 7.17. The number of anilines is 1. The summed E-state index contributed by atoms with van der Waals surface area (Å²) in [5.74, 6) is 0.902. The maximum absolute atomic E-state index is 13.6. The van der Waals surface area contributed by atoms with Crippen molar-refractivity contribution in [3.8, 4) is 5.75 Å². The van der Waals surface area contributed by atoms with E-state index in [0.717, 1.165) is 17.7 Å². The number of hydrogen-bond donors (Lipinski definition) is 0. The molecule has 0 fully saturated rings. The van der Waals surface area contributed by atoms with Crippen LogP contribution in [0.15, 0.2) is 30.5 Å². The van der Waals surface area contributed by atoms with E-state index in [0.29, 0.717) is 18.0 Å². The molecule has 8 nitrogen and oxygen atoms in total. The zero-order valence-corrected chi connectivity index (χ0v) is 20.8. The van der Waals surface area contributed by atoms with Crippen molar-refractivity contribution >= 4 is 29.4 Å². The fourth-order valence-corrected chi connectivity index (χ4v) is 3.63. The molecule has 0 spiro atoms. The number of carbonyl (C=O) groups excluding carboxylic acids is 2. The number of nitrogens with zero attached hydrogens (tertiary/aromatic N) is 4. The Morgan fingerprint density at radius 1 is 1.12 bits per heavy atom. The average molecular weight is 475 g/mol. The van der Waals surface area contributed by atoms with E-state index in [1.165, 1.54) is 11.1 Å². The molecule has 2 heterocycles. The molecule has 1 aliphatic rings. The van der Waals surface area contributed by atoms with E-state index in [1.54, 1.807) is 17.0 Å². The first-order chi connectivity index (χ1) is 15.3. The summed E-state index contributed by atoms with van der Waals surface area (Å²) in [7, 11) is 0. The Morgan fingerprint density at radius 2 is 1.85 bits per heavy atom. The minimum atomic E-state index is -0.636. The van der Waals surface area contributed by atoms with Crippen LogP contribution in [-0.2, 0) is 11.2 Å². The van der Waals surface area contributed by atoms with Gasteiger partial charge in [0.1, 0.15) is 17.2 Å². The van der Waals surface area contributed by atoms with E-state index >= 15 is 0 Å². The molecule has 0 aliphatic carbocycles. The normalized spacial score (nSPS) is 13.2. The summed E-state index contributed by atoms with van der Waals surface area (Å²) < 4.78 is 11.2. The number of benzene rings is 1. The Balaban J connectivity index is 1.89. The molecule has 0 bridgehead atoms. The van der Waals surface area contributed by atoms with Gasteiger partial charge in [0.25, 0.3) is 5.91 Å². The van der Waals surface area contributed by atoms with E-state index in [4.69, 9.17) is 21.1 Å². The Hall–Kier alpha value is -2.87. The molecule has 3 rings (SSSR count). The van der Waals surface area contributed by atoms with Gasteiger partial charge in [-0.2, -0.15) is 0 Å². The van der Waals surface area contributed by atoms with Gasteiger partial charge in [0.05, 0.1) is 6.61 Å². The van der Waals surface area contributed by atoms with Gasteiger partial charge >= 0.3 is 6.09 Å². The number of hydrogen-bond acceptors (Lipinski definition) is 6. The smallest absolute Gasteiger partial charge is 0.410 e. The highest BCUT2D eigenvalue weighted by Gasteiger charge is 2.32. The molecule has 9 heteroatoms. The molecule has 0 saturated carbocycles. The van der Waals surface area contributed by atoms with Crippen LogP contribution in [0.4, 0.5) is 10.6 Å². The average Bonchev–Trinajstić information content (AvgIpc) is 3.16. The van der Waals surface area contributed by atoms with Crippen LogP contribution in [0, 0.1) is 0 Å². The summed E-state index contributed by atoms with van der Waals surface area (Å²) >= 11 is 6.01. The van der Waals surface area contributed by atoms with Crippen molar-refractivity contribution in [3.05, 3.63) is 46.9 Å². The van der Waals surface area contributed by atoms with Crippen LogP contribution < -0.4 is 9.64 Å². The van der Waals surface area contributed by atoms with Gasteiger partial charge in [-0.05, 0) is 83.0 Å². The second kappa shape index (κ2) is 9.55. The molecule has 2 aromatic rings. The molecular weight excluding hydrogens is 444 g/mol. The third-order valence-electron chi connectivity index (χ3n) is 5.04. The maximum atomic E-state index is 13.6. The van der Waals surface area contributed by atoms with Gasteiger partial charge in [0.2, 0.25) is 5.28 Å². The lowest BCUT2D eigenvalue weighted by atomic mass is 10.1. The molecule has 178 valence electrons. The summed E-state index contributed by atoms with van der Waals surface area (Å²) in [6.45, 7) is 12.3. The molecule has 0 N–H and O–H groups in total. The minimum Gasteiger partial charge on any atom is -0.493 e. The SMILES string of the molecule is CC(C)(C)OC(=O)N(CCN(C(=O)c1ccc2c(c1)CCO2)c1ccnc(Cl)n1)C(C)(C)C. The number of carbonyl (C=O) groups is 2. The van der Waals surface area contributed by atoms with Crippen LogP contribution in [0.2, 0.25) is 5.28 Å². The summed E-state index contributed by atoms with van der Waals surface area (Å²) in [5.41, 5.74) is 0.341. The predicted molar refractivity (Wildman–Crippen MR) is 127 cm³/mol. The van der Waals surface area contributed by atoms with Gasteiger partial charge in [0, 0.05) is 36.8 Å². The highest BCUT2D eigenvalue weighted by atomic mass is 35.5. The first-order valence-electron chi connectivity index (χ1n) is 10.9. The predicted octanol–water partition coefficient (Wildman–Crippen LogP) is 4.75. The summed E-state index contributed by atoms with van der Waals surface area (Å²) in [6.07, 6.45) is 1.81. The summed E-state index contributed by atoms with van der Waals surface area (Å²) in [6, 6.07) is 7.01. The molecule has 0 radical (unpaired) electrons. The molecule has 0 atom stereocenters. The van der Waals surface area contributed by atoms with E-state index in [-0.39, 0.29) is 24.3 Å². The van der Waals surface area contributed by atoms with Crippen molar-refractivity contribution < 1.29 is 19.1 Å². The van der Waals surface area contributed by atoms with E-state index in [1.807, 2.05) is 53.7 Å². The van der Waals surface area contributed by atoms with E-state index in [9.17, 15) is 9.59 Å². The van der Waals surface area contributed by atoms with Crippen molar-refractivity contribution in [3.63, 3.8) is 0 Å². The highest BCUT2D eigenvalue weighted by molar-refractivity contribution is 6.28. The molecule has 1 aromatic heterocycles. The van der Waals surface area contributed by atoms with Crippen molar-refractivity contribution in [2.45, 2.75) is 59.1 Å². The second-order valence-corrected chi connectivity index (χ2v) is 10.2. The van der Waals surface area contributed by atoms with Gasteiger partial charge in [-0.3, -0.25) is 9.69 Å². The number of amides is 2. The Morgan fingerprint density at radius 3 is 2.48 bits per heavy atom. The van der Waals surface area contributed by atoms with Crippen molar-refractivity contribution in [2.75, 3.05) is 24.6 Å². The lowest BCUT2D eigenvalue weighted by Crippen LogP contribution is -2.51. The van der Waals surface area contributed by atoms with Gasteiger partial charge in [-0.25, -0.2) is 14.8 Å². The number of rotatable bonds is 5. The van der Waals surface area contributed by atoms with Crippen LogP contribution >= 0.6 is 11.6 Å². The molecule has 33 heavy (non-hydrogen) atoms. The fourth-order valence-electron chi connectivity index (χ4n) is 3.49. The van der Waals surface area contributed by atoms with Crippen LogP contribution in [0.1, 0.15) is 57.5 Å². The lowest BCUT2D eigenvalue weighted by Gasteiger charge is -2.38. The zero-order chi connectivity index (χ0) is 24.4. The topological polar surface area (TPSA) is 84.9 Å². The zero-order valence-electron chi connectivity index (χ0n) is 20.0. The van der Waals surface area contributed by atoms with Gasteiger partial charge < -0.3 is 14.4 Å². The quantitative estimate of drug-likeness (QED) is 0.581. The number of halogens is 1. The van der Waals surface area contributed by atoms with E-state index < -0.39 is 17.2 Å². The first-order valence-corrected chi connectivity index (χ1v) is 11.3. The first kappa shape index (κ1) is 24.8. The Labute approximate surface area is 199 Å². The summed E-state index contributed by atoms with van der Waals surface area (Å²) in [4.78, 5) is 37.8. The van der Waals surface area contributed by atoms with Crippen molar-refractivity contribution in [1.82, 2.24) is 14.9 Å². The fraction of sp³-hybridized carbons (Fsp3) is 0.500. The number of ether oxygens (including phenoxy) is 2. The number of aromatic nitrogens is 2. The van der Waals surface area contributed by atoms with Crippen molar-refractivity contribution in [1.29, 1.82) is 0 Å². The molecule has 1 aromatic carbocycles. The second-order valence-electron chi connectivity index (χ2n) is 9.86. The van der Waals surface area contributed by atoms with Gasteiger partial charge in [-0.15, -0.1) is 0 Å². The van der Waals surface area contributed by atoms with Crippen LogP contribution in [0.25, 0.3) is 0 Å². The molecular formula is C24H31ClN4O4. The third-order valence-corrected chi connectivity index (χ3v) is 5.22. The molecule has 0 unspecified atom stereocenters. The molecule has 2 amide bonds. The third kappa shape index (κ3) is 6.35. The monoisotopic (exact) mass is 474 g/mol. The largest absolute Gasteiger partial charge is 0.493 e. The Bertz CT molecular complexity index is 1030. The minimum absolute atomic E-state index is 0.0347. The molecule has 0 saturated heterocycles. The number of fused-ring (bicyclic) bond motifs is 1. The highest BCUT2D eigenvalue weighted by Crippen LogP contribution is 2.27. The van der Waals surface area contributed by atoms with Crippen LogP contribution in [-0.4, -0.2) is 57.7 Å². The van der Waals surface area contributed by atoms with Gasteiger partial charge in [-0.1, -0.05) is 0 Å². The van der Waals surface area contributed by atoms with Crippen molar-refractivity contribution in [2.24, 2.45) is 0 Å². The van der Waals surface area contributed by atoms with Crippen LogP contribution in [0.5, 0.6) is 5.75 Å². The molecule has 1 aliphatic heterocycles. The lowest BCUT2D eigenvalue weighted by molar-refractivity contribution is 0.00700. The van der Waals surface area contributed by atoms with Gasteiger partial charge in [0.15, 0.2) is 0 Å². The van der Waals surface area contributed by atoms with Crippen LogP contribution in [0.3, 0.4) is 0 Å². The summed E-state index contributed by atoms with van der Waals surface area (Å²) in [5, 5.41) is 0.0347.